The third kappa shape index (κ3) is 3.73. The van der Waals surface area contributed by atoms with Gasteiger partial charge in [-0.3, -0.25) is 9.48 Å². The number of nitrogens with one attached hydrogen (secondary N) is 1. The van der Waals surface area contributed by atoms with Crippen molar-refractivity contribution in [1.82, 2.24) is 9.78 Å². The molecule has 1 aromatic carbocycles. The minimum Gasteiger partial charge on any atom is -0.433 e. The van der Waals surface area contributed by atoms with Crippen LogP contribution in [0.15, 0.2) is 24.4 Å². The van der Waals surface area contributed by atoms with Crippen LogP contribution in [0.5, 0.6) is 5.75 Å². The zero-order valence-corrected chi connectivity index (χ0v) is 12.7. The second-order valence-electron chi connectivity index (χ2n) is 4.51. The van der Waals surface area contributed by atoms with Gasteiger partial charge in [0.1, 0.15) is 5.75 Å². The molecule has 2 rings (SSSR count). The highest BCUT2D eigenvalue weighted by Gasteiger charge is 2.18. The van der Waals surface area contributed by atoms with Gasteiger partial charge in [0.2, 0.25) is 0 Å². The van der Waals surface area contributed by atoms with E-state index in [9.17, 15) is 13.6 Å². The SMILES string of the molecule is CCn1cc(Cl)c(C(=O)Nc2ccc(C)cc2OC(F)F)n1. The fraction of sp³-hybridized carbons (Fsp3) is 0.286. The predicted octanol–water partition coefficient (Wildman–Crippen LogP) is 3.72. The number of hydrogen-bond acceptors (Lipinski definition) is 3. The number of rotatable bonds is 5. The van der Waals surface area contributed by atoms with Gasteiger partial charge in [-0.25, -0.2) is 0 Å². The van der Waals surface area contributed by atoms with Gasteiger partial charge < -0.3 is 10.1 Å². The van der Waals surface area contributed by atoms with Gasteiger partial charge in [-0.1, -0.05) is 17.7 Å². The summed E-state index contributed by atoms with van der Waals surface area (Å²) < 4.78 is 30.8. The van der Waals surface area contributed by atoms with E-state index >= 15 is 0 Å². The average molecular weight is 330 g/mol. The molecule has 0 aliphatic heterocycles. The first-order valence-corrected chi connectivity index (χ1v) is 6.88. The molecular weight excluding hydrogens is 316 g/mol. The number of aryl methyl sites for hydroxylation is 2. The second-order valence-corrected chi connectivity index (χ2v) is 4.92. The third-order valence-corrected chi connectivity index (χ3v) is 3.13. The van der Waals surface area contributed by atoms with E-state index in [0.717, 1.165) is 5.56 Å². The van der Waals surface area contributed by atoms with Crippen LogP contribution in [0.4, 0.5) is 14.5 Å². The Kier molecular flexibility index (Phi) is 4.97. The van der Waals surface area contributed by atoms with Gasteiger partial charge in [-0.05, 0) is 31.5 Å². The van der Waals surface area contributed by atoms with Crippen molar-refractivity contribution in [3.8, 4) is 5.75 Å². The summed E-state index contributed by atoms with van der Waals surface area (Å²) in [7, 11) is 0. The van der Waals surface area contributed by atoms with Gasteiger partial charge in [0.25, 0.3) is 5.91 Å². The summed E-state index contributed by atoms with van der Waals surface area (Å²) in [5.41, 5.74) is 0.868. The largest absolute Gasteiger partial charge is 0.433 e. The Hall–Kier alpha value is -2.15. The summed E-state index contributed by atoms with van der Waals surface area (Å²) in [6, 6.07) is 4.56. The standard InChI is InChI=1S/C14H14ClF2N3O2/c1-3-20-7-9(15)12(19-20)13(21)18-10-5-4-8(2)6-11(10)22-14(16)17/h4-7,14H,3H2,1-2H3,(H,18,21). The fourth-order valence-corrected chi connectivity index (χ4v) is 2.06. The van der Waals surface area contributed by atoms with E-state index in [2.05, 4.69) is 15.2 Å². The molecule has 118 valence electrons. The molecule has 0 unspecified atom stereocenters. The first-order chi connectivity index (χ1) is 10.4. The smallest absolute Gasteiger partial charge is 0.387 e. The molecule has 0 atom stereocenters. The van der Waals surface area contributed by atoms with Gasteiger partial charge in [0.05, 0.1) is 10.7 Å². The van der Waals surface area contributed by atoms with Crippen LogP contribution < -0.4 is 10.1 Å². The Bertz CT molecular complexity index is 689. The number of benzene rings is 1. The Morgan fingerprint density at radius 3 is 2.82 bits per heavy atom. The highest BCUT2D eigenvalue weighted by Crippen LogP contribution is 2.28. The lowest BCUT2D eigenvalue weighted by atomic mass is 10.2. The van der Waals surface area contributed by atoms with Crippen LogP contribution in [0.1, 0.15) is 23.0 Å². The minimum atomic E-state index is -2.99. The molecule has 0 radical (unpaired) electrons. The lowest BCUT2D eigenvalue weighted by Gasteiger charge is -2.12. The molecule has 0 aliphatic rings. The number of aromatic nitrogens is 2. The van der Waals surface area contributed by atoms with Crippen molar-refractivity contribution in [3.63, 3.8) is 0 Å². The highest BCUT2D eigenvalue weighted by molar-refractivity contribution is 6.34. The number of hydrogen-bond donors (Lipinski definition) is 1. The molecule has 1 aromatic heterocycles. The third-order valence-electron chi connectivity index (χ3n) is 2.86. The second kappa shape index (κ2) is 6.74. The first-order valence-electron chi connectivity index (χ1n) is 6.50. The van der Waals surface area contributed by atoms with Gasteiger partial charge in [-0.15, -0.1) is 0 Å². The number of anilines is 1. The lowest BCUT2D eigenvalue weighted by molar-refractivity contribution is -0.0494. The van der Waals surface area contributed by atoms with Gasteiger partial charge >= 0.3 is 6.61 Å². The molecule has 0 aliphatic carbocycles. The number of halogens is 3. The number of ether oxygens (including phenoxy) is 1. The van der Waals surface area contributed by atoms with Crippen molar-refractivity contribution in [2.75, 3.05) is 5.32 Å². The number of amides is 1. The summed E-state index contributed by atoms with van der Waals surface area (Å²) in [5.74, 6) is -0.713. The highest BCUT2D eigenvalue weighted by atomic mass is 35.5. The van der Waals surface area contributed by atoms with Crippen LogP contribution in [-0.2, 0) is 6.54 Å². The molecule has 0 saturated heterocycles. The maximum atomic E-state index is 12.4. The number of carbonyl (C=O) groups is 1. The summed E-state index contributed by atoms with van der Waals surface area (Å²) in [6.07, 6.45) is 1.52. The van der Waals surface area contributed by atoms with Gasteiger partial charge in [-0.2, -0.15) is 13.9 Å². The zero-order chi connectivity index (χ0) is 16.3. The fourth-order valence-electron chi connectivity index (χ4n) is 1.82. The monoisotopic (exact) mass is 329 g/mol. The molecular formula is C14H14ClF2N3O2. The number of carbonyl (C=O) groups excluding carboxylic acids is 1. The summed E-state index contributed by atoms with van der Waals surface area (Å²) in [4.78, 5) is 12.2. The van der Waals surface area contributed by atoms with E-state index in [0.29, 0.717) is 6.54 Å². The van der Waals surface area contributed by atoms with Crippen LogP contribution in [0.25, 0.3) is 0 Å². The van der Waals surface area contributed by atoms with Crippen molar-refractivity contribution < 1.29 is 18.3 Å². The number of nitrogens with zero attached hydrogens (tertiary/aromatic N) is 2. The Balaban J connectivity index is 2.25. The molecule has 2 aromatic rings. The molecule has 1 N–H and O–H groups in total. The number of alkyl halides is 2. The molecule has 5 nitrogen and oxygen atoms in total. The summed E-state index contributed by atoms with van der Waals surface area (Å²) in [6.45, 7) is 1.14. The van der Waals surface area contributed by atoms with Crippen LogP contribution in [0.2, 0.25) is 5.02 Å². The predicted molar refractivity (Wildman–Crippen MR) is 78.7 cm³/mol. The van der Waals surface area contributed by atoms with Crippen LogP contribution in [0.3, 0.4) is 0 Å². The Morgan fingerprint density at radius 1 is 1.50 bits per heavy atom. The topological polar surface area (TPSA) is 56.2 Å². The summed E-state index contributed by atoms with van der Waals surface area (Å²) >= 11 is 5.94. The van der Waals surface area contributed by atoms with Crippen LogP contribution >= 0.6 is 11.6 Å². The van der Waals surface area contributed by atoms with Crippen molar-refractivity contribution in [2.45, 2.75) is 27.0 Å². The Morgan fingerprint density at radius 2 is 2.23 bits per heavy atom. The van der Waals surface area contributed by atoms with Crippen LogP contribution in [0, 0.1) is 6.92 Å². The lowest BCUT2D eigenvalue weighted by Crippen LogP contribution is -2.15. The van der Waals surface area contributed by atoms with Crippen LogP contribution in [-0.4, -0.2) is 22.3 Å². The van der Waals surface area contributed by atoms with E-state index in [4.69, 9.17) is 11.6 Å². The van der Waals surface area contributed by atoms with E-state index in [1.165, 1.54) is 23.0 Å². The van der Waals surface area contributed by atoms with Gasteiger partial charge in [0.15, 0.2) is 5.69 Å². The van der Waals surface area contributed by atoms with E-state index in [1.807, 2.05) is 6.92 Å². The molecule has 0 fully saturated rings. The van der Waals surface area contributed by atoms with Crippen molar-refractivity contribution in [2.24, 2.45) is 0 Å². The molecule has 1 amide bonds. The normalized spacial score (nSPS) is 10.8. The maximum absolute atomic E-state index is 12.4. The molecule has 22 heavy (non-hydrogen) atoms. The van der Waals surface area contributed by atoms with Crippen molar-refractivity contribution >= 4 is 23.2 Å². The summed E-state index contributed by atoms with van der Waals surface area (Å²) in [5, 5.41) is 6.68. The molecule has 0 saturated carbocycles. The minimum absolute atomic E-state index is 0.0205. The van der Waals surface area contributed by atoms with E-state index < -0.39 is 12.5 Å². The first kappa shape index (κ1) is 16.2. The molecule has 1 heterocycles. The maximum Gasteiger partial charge on any atom is 0.387 e. The van der Waals surface area contributed by atoms with E-state index in [-0.39, 0.29) is 22.2 Å². The zero-order valence-electron chi connectivity index (χ0n) is 11.9. The molecule has 8 heteroatoms. The Labute approximate surface area is 130 Å². The van der Waals surface area contributed by atoms with Gasteiger partial charge in [0, 0.05) is 12.7 Å². The molecule has 0 spiro atoms. The molecule has 0 bridgehead atoms. The van der Waals surface area contributed by atoms with Crippen molar-refractivity contribution in [3.05, 3.63) is 40.7 Å². The quantitative estimate of drug-likeness (QED) is 0.909. The van der Waals surface area contributed by atoms with E-state index in [1.54, 1.807) is 13.0 Å². The van der Waals surface area contributed by atoms with Crippen molar-refractivity contribution in [1.29, 1.82) is 0 Å². The average Bonchev–Trinajstić information content (AvgIpc) is 2.82.